The van der Waals surface area contributed by atoms with Crippen molar-refractivity contribution in [1.82, 2.24) is 15.1 Å². The van der Waals surface area contributed by atoms with Crippen LogP contribution in [0.3, 0.4) is 0 Å². The maximum Gasteiger partial charge on any atom is 0.349 e. The number of carbonyl (C=O) groups excluding carboxylic acids is 2. The molecule has 0 saturated heterocycles. The van der Waals surface area contributed by atoms with Gasteiger partial charge in [0.2, 0.25) is 0 Å². The lowest BCUT2D eigenvalue weighted by molar-refractivity contribution is -0.158. The highest BCUT2D eigenvalue weighted by Crippen LogP contribution is 2.25. The molecule has 0 spiro atoms. The van der Waals surface area contributed by atoms with Gasteiger partial charge in [0.1, 0.15) is 11.4 Å². The summed E-state index contributed by atoms with van der Waals surface area (Å²) in [5.74, 6) is -0.0414. The van der Waals surface area contributed by atoms with Crippen LogP contribution in [-0.4, -0.2) is 33.9 Å². The van der Waals surface area contributed by atoms with Gasteiger partial charge in [-0.05, 0) is 63.1 Å². The van der Waals surface area contributed by atoms with Crippen LogP contribution < -0.4 is 10.1 Å². The predicted octanol–water partition coefficient (Wildman–Crippen LogP) is 4.81. The van der Waals surface area contributed by atoms with Crippen LogP contribution >= 0.6 is 15.9 Å². The lowest BCUT2D eigenvalue weighted by Gasteiger charge is -2.25. The second kappa shape index (κ2) is 10.2. The van der Waals surface area contributed by atoms with E-state index < -0.39 is 11.6 Å². The molecule has 0 unspecified atom stereocenters. The molecule has 1 heterocycles. The molecular weight excluding hydrogens is 486 g/mol. The standard InChI is InChI=1S/C25H28BrN3O4/c1-6-32-24(31)25(3,4)33-22-11-10-17(12-16(22)2)15-27-23(30)21-14-20(28-29(21)5)18-8-7-9-19(26)13-18/h7-14H,6,15H2,1-5H3,(H,27,30). The summed E-state index contributed by atoms with van der Waals surface area (Å²) >= 11 is 3.46. The third kappa shape index (κ3) is 6.01. The van der Waals surface area contributed by atoms with E-state index in [0.29, 0.717) is 24.6 Å². The first-order chi connectivity index (χ1) is 15.6. The van der Waals surface area contributed by atoms with E-state index in [9.17, 15) is 9.59 Å². The van der Waals surface area contributed by atoms with Gasteiger partial charge in [0.25, 0.3) is 5.91 Å². The number of aryl methyl sites for hydroxylation is 2. The Kier molecular flexibility index (Phi) is 7.58. The van der Waals surface area contributed by atoms with Crippen LogP contribution in [0, 0.1) is 6.92 Å². The van der Waals surface area contributed by atoms with Crippen LogP contribution in [0.4, 0.5) is 0 Å². The fourth-order valence-electron chi connectivity index (χ4n) is 3.30. The molecule has 3 rings (SSSR count). The molecule has 1 aromatic heterocycles. The van der Waals surface area contributed by atoms with Gasteiger partial charge >= 0.3 is 5.97 Å². The van der Waals surface area contributed by atoms with Gasteiger partial charge in [0, 0.05) is 23.6 Å². The van der Waals surface area contributed by atoms with E-state index in [4.69, 9.17) is 9.47 Å². The van der Waals surface area contributed by atoms with E-state index in [1.807, 2.05) is 43.3 Å². The van der Waals surface area contributed by atoms with Crippen molar-refractivity contribution in [2.75, 3.05) is 6.61 Å². The Morgan fingerprint density at radius 1 is 1.15 bits per heavy atom. The van der Waals surface area contributed by atoms with Crippen molar-refractivity contribution in [3.05, 3.63) is 69.8 Å². The maximum atomic E-state index is 12.8. The van der Waals surface area contributed by atoms with Gasteiger partial charge < -0.3 is 14.8 Å². The summed E-state index contributed by atoms with van der Waals surface area (Å²) in [4.78, 5) is 24.9. The van der Waals surface area contributed by atoms with E-state index >= 15 is 0 Å². The van der Waals surface area contributed by atoms with Gasteiger partial charge in [-0.2, -0.15) is 5.10 Å². The average Bonchev–Trinajstić information content (AvgIpc) is 3.15. The van der Waals surface area contributed by atoms with E-state index in [-0.39, 0.29) is 5.91 Å². The monoisotopic (exact) mass is 513 g/mol. The highest BCUT2D eigenvalue weighted by Gasteiger charge is 2.32. The third-order valence-electron chi connectivity index (χ3n) is 5.06. The van der Waals surface area contributed by atoms with E-state index in [0.717, 1.165) is 26.9 Å². The molecular formula is C25H28BrN3O4. The van der Waals surface area contributed by atoms with Gasteiger partial charge in [-0.3, -0.25) is 9.48 Å². The quantitative estimate of drug-likeness (QED) is 0.437. The lowest BCUT2D eigenvalue weighted by Crippen LogP contribution is -2.39. The molecule has 0 aliphatic heterocycles. The Bertz CT molecular complexity index is 1170. The van der Waals surface area contributed by atoms with Gasteiger partial charge in [0.15, 0.2) is 5.60 Å². The zero-order valence-corrected chi connectivity index (χ0v) is 21.0. The van der Waals surface area contributed by atoms with Crippen molar-refractivity contribution in [1.29, 1.82) is 0 Å². The summed E-state index contributed by atoms with van der Waals surface area (Å²) in [5.41, 5.74) is 2.80. The van der Waals surface area contributed by atoms with Crippen molar-refractivity contribution < 1.29 is 19.1 Å². The topological polar surface area (TPSA) is 82.4 Å². The van der Waals surface area contributed by atoms with Crippen molar-refractivity contribution in [2.45, 2.75) is 39.8 Å². The summed E-state index contributed by atoms with van der Waals surface area (Å²) in [5, 5.41) is 7.40. The summed E-state index contributed by atoms with van der Waals surface area (Å²) in [7, 11) is 1.75. The van der Waals surface area contributed by atoms with Crippen LogP contribution in [0.15, 0.2) is 53.0 Å². The van der Waals surface area contributed by atoms with Crippen molar-refractivity contribution in [3.63, 3.8) is 0 Å². The summed E-state index contributed by atoms with van der Waals surface area (Å²) in [6.07, 6.45) is 0. The highest BCUT2D eigenvalue weighted by molar-refractivity contribution is 9.10. The molecule has 1 amide bonds. The normalized spacial score (nSPS) is 11.2. The molecule has 3 aromatic rings. The first kappa shape index (κ1) is 24.5. The Balaban J connectivity index is 1.66. The SMILES string of the molecule is CCOC(=O)C(C)(C)Oc1ccc(CNC(=O)c2cc(-c3cccc(Br)c3)nn2C)cc1C. The average molecular weight is 514 g/mol. The molecule has 0 fully saturated rings. The number of hydrogen-bond acceptors (Lipinski definition) is 5. The molecule has 0 saturated carbocycles. The van der Waals surface area contributed by atoms with Crippen LogP contribution in [-0.2, 0) is 23.1 Å². The Morgan fingerprint density at radius 3 is 2.58 bits per heavy atom. The third-order valence-corrected chi connectivity index (χ3v) is 5.55. The number of halogens is 1. The molecule has 0 radical (unpaired) electrons. The van der Waals surface area contributed by atoms with Gasteiger partial charge in [-0.1, -0.05) is 40.2 Å². The van der Waals surface area contributed by atoms with E-state index in [1.54, 1.807) is 44.6 Å². The van der Waals surface area contributed by atoms with Crippen molar-refractivity contribution >= 4 is 27.8 Å². The second-order valence-electron chi connectivity index (χ2n) is 8.16. The fraction of sp³-hybridized carbons (Fsp3) is 0.320. The Morgan fingerprint density at radius 2 is 1.91 bits per heavy atom. The summed E-state index contributed by atoms with van der Waals surface area (Å²) in [6, 6.07) is 15.1. The Labute approximate surface area is 202 Å². The largest absolute Gasteiger partial charge is 0.476 e. The molecule has 0 atom stereocenters. The molecule has 33 heavy (non-hydrogen) atoms. The first-order valence-electron chi connectivity index (χ1n) is 10.6. The molecule has 174 valence electrons. The van der Waals surface area contributed by atoms with Gasteiger partial charge in [0.05, 0.1) is 12.3 Å². The molecule has 1 N–H and O–H groups in total. The Hall–Kier alpha value is -3.13. The number of esters is 1. The zero-order valence-electron chi connectivity index (χ0n) is 19.4. The minimum Gasteiger partial charge on any atom is -0.476 e. The lowest BCUT2D eigenvalue weighted by atomic mass is 10.1. The second-order valence-corrected chi connectivity index (χ2v) is 9.08. The number of hydrogen-bond donors (Lipinski definition) is 1. The number of ether oxygens (including phenoxy) is 2. The number of aromatic nitrogens is 2. The molecule has 0 bridgehead atoms. The smallest absolute Gasteiger partial charge is 0.349 e. The summed E-state index contributed by atoms with van der Waals surface area (Å²) < 4.78 is 13.5. The molecule has 0 aliphatic carbocycles. The van der Waals surface area contributed by atoms with Gasteiger partial charge in [-0.25, -0.2) is 4.79 Å². The number of rotatable bonds is 8. The van der Waals surface area contributed by atoms with Crippen LogP contribution in [0.5, 0.6) is 5.75 Å². The molecule has 2 aromatic carbocycles. The number of benzene rings is 2. The predicted molar refractivity (Wildman–Crippen MR) is 130 cm³/mol. The van der Waals surface area contributed by atoms with Crippen LogP contribution in [0.25, 0.3) is 11.3 Å². The summed E-state index contributed by atoms with van der Waals surface area (Å²) in [6.45, 7) is 7.65. The number of nitrogens with zero attached hydrogens (tertiary/aromatic N) is 2. The van der Waals surface area contributed by atoms with Crippen molar-refractivity contribution in [2.24, 2.45) is 7.05 Å². The minimum absolute atomic E-state index is 0.215. The number of carbonyl (C=O) groups is 2. The van der Waals surface area contributed by atoms with Crippen LogP contribution in [0.2, 0.25) is 0 Å². The number of amides is 1. The van der Waals surface area contributed by atoms with E-state index in [2.05, 4.69) is 26.3 Å². The maximum absolute atomic E-state index is 12.8. The highest BCUT2D eigenvalue weighted by atomic mass is 79.9. The van der Waals surface area contributed by atoms with E-state index in [1.165, 1.54) is 0 Å². The fourth-order valence-corrected chi connectivity index (χ4v) is 3.70. The molecule has 7 nitrogen and oxygen atoms in total. The zero-order chi connectivity index (χ0) is 24.2. The minimum atomic E-state index is -1.10. The molecule has 8 heteroatoms. The van der Waals surface area contributed by atoms with Crippen LogP contribution in [0.1, 0.15) is 42.4 Å². The van der Waals surface area contributed by atoms with Gasteiger partial charge in [-0.15, -0.1) is 0 Å². The van der Waals surface area contributed by atoms with Crippen molar-refractivity contribution in [3.8, 4) is 17.0 Å². The molecule has 0 aliphatic rings. The first-order valence-corrected chi connectivity index (χ1v) is 11.4. The number of nitrogens with one attached hydrogen (secondary N) is 1.